The monoisotopic (exact) mass is 246 g/mol. The minimum absolute atomic E-state index is 0.599. The lowest BCUT2D eigenvalue weighted by Gasteiger charge is -2.12. The third-order valence-electron chi connectivity index (χ3n) is 2.91. The van der Waals surface area contributed by atoms with Crippen LogP contribution in [0, 0.1) is 13.8 Å². The van der Waals surface area contributed by atoms with Crippen LogP contribution in [-0.2, 0) is 7.05 Å². The molecular weight excluding hydrogens is 228 g/mol. The summed E-state index contributed by atoms with van der Waals surface area (Å²) in [5.41, 5.74) is 22.7. The number of hydrogen-bond acceptors (Lipinski definition) is 5. The van der Waals surface area contributed by atoms with Gasteiger partial charge >= 0.3 is 0 Å². The van der Waals surface area contributed by atoms with Gasteiger partial charge in [-0.25, -0.2) is 0 Å². The second-order valence-corrected chi connectivity index (χ2v) is 4.27. The van der Waals surface area contributed by atoms with E-state index in [4.69, 9.17) is 11.5 Å². The Morgan fingerprint density at radius 2 is 1.89 bits per heavy atom. The van der Waals surface area contributed by atoms with Crippen LogP contribution in [0.3, 0.4) is 0 Å². The quantitative estimate of drug-likeness (QED) is 0.488. The Labute approximate surface area is 106 Å². The van der Waals surface area contributed by atoms with Crippen LogP contribution in [0.4, 0.5) is 22.7 Å². The Bertz CT molecular complexity index is 572. The Kier molecular flexibility index (Phi) is 3.01. The molecule has 2 aromatic rings. The average Bonchev–Trinajstić information content (AvgIpc) is 2.53. The number of rotatable bonds is 3. The van der Waals surface area contributed by atoms with E-state index in [9.17, 15) is 0 Å². The van der Waals surface area contributed by atoms with E-state index in [0.29, 0.717) is 11.4 Å². The summed E-state index contributed by atoms with van der Waals surface area (Å²) in [6.07, 6.45) is 0. The third-order valence-corrected chi connectivity index (χ3v) is 2.91. The van der Waals surface area contributed by atoms with Gasteiger partial charge in [-0.05, 0) is 32.0 Å². The van der Waals surface area contributed by atoms with Crippen LogP contribution in [0.25, 0.3) is 0 Å². The molecule has 0 bridgehead atoms. The number of aromatic nitrogens is 2. The molecule has 0 saturated carbocycles. The number of anilines is 4. The van der Waals surface area contributed by atoms with Gasteiger partial charge in [0.2, 0.25) is 0 Å². The first-order valence-corrected chi connectivity index (χ1v) is 5.66. The molecule has 0 aliphatic carbocycles. The van der Waals surface area contributed by atoms with Crippen molar-refractivity contribution in [1.82, 2.24) is 9.78 Å². The third kappa shape index (κ3) is 2.17. The van der Waals surface area contributed by atoms with E-state index in [-0.39, 0.29) is 0 Å². The van der Waals surface area contributed by atoms with E-state index in [1.807, 2.05) is 31.6 Å². The minimum atomic E-state index is 0.599. The lowest BCUT2D eigenvalue weighted by molar-refractivity contribution is 0.731. The summed E-state index contributed by atoms with van der Waals surface area (Å²) < 4.78 is 1.83. The summed E-state index contributed by atoms with van der Waals surface area (Å²) in [6.45, 7) is 3.94. The highest BCUT2D eigenvalue weighted by atomic mass is 15.4. The van der Waals surface area contributed by atoms with Crippen LogP contribution in [0.1, 0.15) is 11.4 Å². The Balaban J connectivity index is 2.16. The molecule has 0 aliphatic heterocycles. The standard InChI is InChI=1S/C12H18N6/c1-7-12(8(2)18(3)17-7)16-15-11-5-4-9(13)6-10(11)14/h4-6,15-16H,13-14H2,1-3H3. The molecule has 0 amide bonds. The number of nitrogen functional groups attached to an aromatic ring is 2. The van der Waals surface area contributed by atoms with E-state index >= 15 is 0 Å². The molecule has 6 nitrogen and oxygen atoms in total. The highest BCUT2D eigenvalue weighted by Crippen LogP contribution is 2.23. The molecule has 6 N–H and O–H groups in total. The van der Waals surface area contributed by atoms with Gasteiger partial charge in [0.25, 0.3) is 0 Å². The van der Waals surface area contributed by atoms with E-state index in [1.54, 1.807) is 12.1 Å². The van der Waals surface area contributed by atoms with Crippen molar-refractivity contribution in [3.05, 3.63) is 29.6 Å². The second-order valence-electron chi connectivity index (χ2n) is 4.27. The van der Waals surface area contributed by atoms with Crippen molar-refractivity contribution < 1.29 is 0 Å². The summed E-state index contributed by atoms with van der Waals surface area (Å²) >= 11 is 0. The molecule has 0 radical (unpaired) electrons. The van der Waals surface area contributed by atoms with Crippen LogP contribution in [0.5, 0.6) is 0 Å². The zero-order chi connectivity index (χ0) is 13.3. The lowest BCUT2D eigenvalue weighted by Crippen LogP contribution is -2.12. The van der Waals surface area contributed by atoms with E-state index < -0.39 is 0 Å². The van der Waals surface area contributed by atoms with Gasteiger partial charge in [-0.15, -0.1) is 0 Å². The molecule has 0 spiro atoms. The molecule has 1 aromatic carbocycles. The van der Waals surface area contributed by atoms with Crippen LogP contribution in [0.15, 0.2) is 18.2 Å². The Hall–Kier alpha value is -2.37. The van der Waals surface area contributed by atoms with Crippen LogP contribution in [-0.4, -0.2) is 9.78 Å². The van der Waals surface area contributed by atoms with Gasteiger partial charge in [0, 0.05) is 12.7 Å². The molecule has 0 aliphatic rings. The fraction of sp³-hybridized carbons (Fsp3) is 0.250. The molecule has 0 atom stereocenters. The van der Waals surface area contributed by atoms with Crippen molar-refractivity contribution in [2.75, 3.05) is 22.3 Å². The van der Waals surface area contributed by atoms with E-state index in [0.717, 1.165) is 22.8 Å². The van der Waals surface area contributed by atoms with Crippen molar-refractivity contribution in [1.29, 1.82) is 0 Å². The van der Waals surface area contributed by atoms with Gasteiger partial charge in [-0.1, -0.05) is 0 Å². The normalized spacial score (nSPS) is 10.4. The van der Waals surface area contributed by atoms with Crippen molar-refractivity contribution >= 4 is 22.7 Å². The molecule has 1 aromatic heterocycles. The number of aryl methyl sites for hydroxylation is 2. The SMILES string of the molecule is Cc1nn(C)c(C)c1NNc1ccc(N)cc1N. The van der Waals surface area contributed by atoms with Gasteiger partial charge in [0.05, 0.1) is 28.5 Å². The number of hydrazine groups is 1. The van der Waals surface area contributed by atoms with Crippen LogP contribution < -0.4 is 22.3 Å². The fourth-order valence-corrected chi connectivity index (χ4v) is 1.78. The average molecular weight is 246 g/mol. The maximum Gasteiger partial charge on any atom is 0.0978 e. The summed E-state index contributed by atoms with van der Waals surface area (Å²) in [7, 11) is 1.91. The molecule has 96 valence electrons. The summed E-state index contributed by atoms with van der Waals surface area (Å²) in [5.74, 6) is 0. The van der Waals surface area contributed by atoms with Crippen molar-refractivity contribution in [3.8, 4) is 0 Å². The van der Waals surface area contributed by atoms with Crippen molar-refractivity contribution in [3.63, 3.8) is 0 Å². The number of nitrogens with zero attached hydrogens (tertiary/aromatic N) is 2. The predicted octanol–water partition coefficient (Wildman–Crippen LogP) is 1.64. The predicted molar refractivity (Wildman–Crippen MR) is 75.2 cm³/mol. The molecule has 6 heteroatoms. The smallest absolute Gasteiger partial charge is 0.0978 e. The van der Waals surface area contributed by atoms with Crippen LogP contribution >= 0.6 is 0 Å². The molecule has 18 heavy (non-hydrogen) atoms. The molecule has 1 heterocycles. The van der Waals surface area contributed by atoms with Gasteiger partial charge in [-0.2, -0.15) is 5.10 Å². The highest BCUT2D eigenvalue weighted by molar-refractivity contribution is 5.72. The molecule has 0 fully saturated rings. The first-order valence-electron chi connectivity index (χ1n) is 5.66. The first kappa shape index (κ1) is 12.1. The van der Waals surface area contributed by atoms with Gasteiger partial charge < -0.3 is 11.5 Å². The lowest BCUT2D eigenvalue weighted by atomic mass is 10.2. The van der Waals surface area contributed by atoms with Crippen molar-refractivity contribution in [2.45, 2.75) is 13.8 Å². The molecular formula is C12H18N6. The number of hydrogen-bond donors (Lipinski definition) is 4. The van der Waals surface area contributed by atoms with Gasteiger partial charge in [0.1, 0.15) is 0 Å². The Morgan fingerprint density at radius 1 is 1.17 bits per heavy atom. The number of benzene rings is 1. The van der Waals surface area contributed by atoms with Gasteiger partial charge in [-0.3, -0.25) is 15.5 Å². The topological polar surface area (TPSA) is 93.9 Å². The number of nitrogens with two attached hydrogens (primary N) is 2. The summed E-state index contributed by atoms with van der Waals surface area (Å²) in [6, 6.07) is 5.34. The summed E-state index contributed by atoms with van der Waals surface area (Å²) in [5, 5.41) is 4.32. The summed E-state index contributed by atoms with van der Waals surface area (Å²) in [4.78, 5) is 0. The largest absolute Gasteiger partial charge is 0.399 e. The zero-order valence-electron chi connectivity index (χ0n) is 10.8. The van der Waals surface area contributed by atoms with E-state index in [1.165, 1.54) is 0 Å². The second kappa shape index (κ2) is 4.48. The highest BCUT2D eigenvalue weighted by Gasteiger charge is 2.08. The first-order chi connectivity index (χ1) is 8.49. The van der Waals surface area contributed by atoms with Crippen LogP contribution in [0.2, 0.25) is 0 Å². The van der Waals surface area contributed by atoms with Crippen molar-refractivity contribution in [2.24, 2.45) is 7.05 Å². The minimum Gasteiger partial charge on any atom is -0.399 e. The maximum absolute atomic E-state index is 5.86. The number of nitrogens with one attached hydrogen (secondary N) is 2. The van der Waals surface area contributed by atoms with Gasteiger partial charge in [0.15, 0.2) is 0 Å². The molecule has 2 rings (SSSR count). The molecule has 0 unspecified atom stereocenters. The molecule has 0 saturated heterocycles. The fourth-order valence-electron chi connectivity index (χ4n) is 1.78. The zero-order valence-corrected chi connectivity index (χ0v) is 10.8. The van der Waals surface area contributed by atoms with E-state index in [2.05, 4.69) is 16.0 Å². The Morgan fingerprint density at radius 3 is 2.44 bits per heavy atom. The maximum atomic E-state index is 5.86.